The van der Waals surface area contributed by atoms with E-state index in [9.17, 15) is 8.42 Å². The molecule has 1 unspecified atom stereocenters. The second-order valence-electron chi connectivity index (χ2n) is 8.40. The molecule has 3 atom stereocenters. The van der Waals surface area contributed by atoms with E-state index >= 15 is 0 Å². The van der Waals surface area contributed by atoms with Crippen LogP contribution >= 0.6 is 0 Å². The Balaban J connectivity index is 0.00000201. The molecule has 0 saturated carbocycles. The number of rotatable bonds is 11. The van der Waals surface area contributed by atoms with Gasteiger partial charge in [-0.25, -0.2) is 13.4 Å². The number of para-hydroxylation sites is 1. The van der Waals surface area contributed by atoms with Crippen molar-refractivity contribution in [2.45, 2.75) is 45.3 Å². The normalized spacial score (nSPS) is 16.0. The Morgan fingerprint density at radius 1 is 1.00 bits per heavy atom. The van der Waals surface area contributed by atoms with Crippen LogP contribution in [0.2, 0.25) is 0 Å². The molecule has 2 aromatic heterocycles. The number of aryl methyl sites for hydroxylation is 1. The number of aromatic nitrogens is 4. The van der Waals surface area contributed by atoms with Crippen LogP contribution in [0.5, 0.6) is 17.4 Å². The van der Waals surface area contributed by atoms with Gasteiger partial charge >= 0.3 is 0 Å². The highest BCUT2D eigenvalue weighted by molar-refractivity contribution is 7.90. The first kappa shape index (κ1) is 31.4. The molecule has 0 bridgehead atoms. The second-order valence-corrected chi connectivity index (χ2v) is 10.5. The van der Waals surface area contributed by atoms with Crippen LogP contribution in [0, 0.1) is 6.92 Å². The van der Waals surface area contributed by atoms with Crippen LogP contribution in [-0.4, -0.2) is 74.2 Å². The fourth-order valence-corrected chi connectivity index (χ4v) is 5.26. The van der Waals surface area contributed by atoms with Crippen molar-refractivity contribution in [3.05, 3.63) is 60.1 Å². The van der Waals surface area contributed by atoms with Gasteiger partial charge in [0.15, 0.2) is 12.1 Å². The van der Waals surface area contributed by atoms with E-state index in [1.165, 1.54) is 54.0 Å². The van der Waals surface area contributed by atoms with Gasteiger partial charge in [0.1, 0.15) is 34.2 Å². The molecule has 4 rings (SSSR count). The van der Waals surface area contributed by atoms with Gasteiger partial charge in [-0.2, -0.15) is 9.82 Å². The molecule has 14 nitrogen and oxygen atoms in total. The Morgan fingerprint density at radius 3 is 2.24 bits per heavy atom. The molecule has 3 heterocycles. The number of hydrogen-bond donors (Lipinski definition) is 2. The summed E-state index contributed by atoms with van der Waals surface area (Å²) in [5.41, 5.74) is 4.64. The van der Waals surface area contributed by atoms with Crippen molar-refractivity contribution in [2.75, 3.05) is 33.3 Å². The topological polar surface area (TPSA) is 162 Å². The van der Waals surface area contributed by atoms with Crippen LogP contribution < -0.4 is 29.3 Å². The van der Waals surface area contributed by atoms with Crippen molar-refractivity contribution in [1.29, 1.82) is 0 Å². The highest BCUT2D eigenvalue weighted by atomic mass is 32.2. The minimum Gasteiger partial charge on any atom is -0.494 e. The number of benzene rings is 1. The number of anilines is 1. The average Bonchev–Trinajstić information content (AvgIpc) is 3.41. The van der Waals surface area contributed by atoms with Gasteiger partial charge in [0, 0.05) is 14.7 Å². The summed E-state index contributed by atoms with van der Waals surface area (Å²) in [6.07, 6.45) is 3.98. The predicted octanol–water partition coefficient (Wildman–Crippen LogP) is 2.62. The van der Waals surface area contributed by atoms with E-state index in [4.69, 9.17) is 18.9 Å². The van der Waals surface area contributed by atoms with Crippen molar-refractivity contribution in [3.63, 3.8) is 0 Å². The smallest absolute Gasteiger partial charge is 0.232 e. The number of nitrogens with one attached hydrogen (secondary N) is 2. The molecule has 224 valence electrons. The maximum absolute atomic E-state index is 13.7. The molecular weight excluding hydrogens is 552 g/mol. The van der Waals surface area contributed by atoms with Crippen LogP contribution in [-0.2, 0) is 14.8 Å². The van der Waals surface area contributed by atoms with E-state index < -0.39 is 27.7 Å². The van der Waals surface area contributed by atoms with Gasteiger partial charge in [0.2, 0.25) is 15.9 Å². The molecule has 0 fully saturated rings. The maximum Gasteiger partial charge on any atom is 0.232 e. The summed E-state index contributed by atoms with van der Waals surface area (Å²) in [6.45, 7) is 7.31. The molecule has 1 aromatic carbocycles. The molecule has 1 aliphatic rings. The third-order valence-electron chi connectivity index (χ3n) is 6.01. The minimum atomic E-state index is -4.07. The lowest BCUT2D eigenvalue weighted by Gasteiger charge is -2.31. The van der Waals surface area contributed by atoms with Gasteiger partial charge in [-0.3, -0.25) is 25.3 Å². The molecule has 3 aromatic rings. The highest BCUT2D eigenvalue weighted by Crippen LogP contribution is 2.40. The van der Waals surface area contributed by atoms with E-state index in [1.807, 2.05) is 13.8 Å². The van der Waals surface area contributed by atoms with Gasteiger partial charge < -0.3 is 18.9 Å². The molecule has 0 radical (unpaired) electrons. The summed E-state index contributed by atoms with van der Waals surface area (Å²) in [5.74, 6) is 1.31. The SMILES string of the molecule is CC.COc1cncc(C2=NNC(NS(=O)(=O)[C@@H](C)[C@H](OC)c3cnc(C)cn3)N2c2c(OC)cccc2OC)n1.[HH]. The lowest BCUT2D eigenvalue weighted by atomic mass is 10.2. The van der Waals surface area contributed by atoms with Crippen LogP contribution in [0.15, 0.2) is 48.1 Å². The number of ether oxygens (including phenoxy) is 4. The molecule has 41 heavy (non-hydrogen) atoms. The molecule has 0 aliphatic carbocycles. The number of sulfonamides is 1. The first-order valence-corrected chi connectivity index (χ1v) is 14.3. The van der Waals surface area contributed by atoms with Gasteiger partial charge in [0.05, 0.1) is 51.3 Å². The van der Waals surface area contributed by atoms with Gasteiger partial charge in [0.25, 0.3) is 0 Å². The molecular formula is C26H38N8O6S. The van der Waals surface area contributed by atoms with Crippen molar-refractivity contribution >= 4 is 21.5 Å². The summed E-state index contributed by atoms with van der Waals surface area (Å²) < 4.78 is 52.0. The monoisotopic (exact) mass is 590 g/mol. The molecule has 0 saturated heterocycles. The van der Waals surface area contributed by atoms with E-state index in [-0.39, 0.29) is 13.1 Å². The fourth-order valence-electron chi connectivity index (χ4n) is 4.00. The number of amidine groups is 1. The van der Waals surface area contributed by atoms with E-state index in [2.05, 4.69) is 35.2 Å². The average molecular weight is 591 g/mol. The summed E-state index contributed by atoms with van der Waals surface area (Å²) in [6, 6.07) is 5.19. The number of nitrogens with zero attached hydrogens (tertiary/aromatic N) is 6. The summed E-state index contributed by atoms with van der Waals surface area (Å²) in [4.78, 5) is 18.7. The summed E-state index contributed by atoms with van der Waals surface area (Å²) in [5, 5.41) is 3.32. The van der Waals surface area contributed by atoms with E-state index in [1.54, 1.807) is 36.2 Å². The molecule has 0 spiro atoms. The number of hydrazone groups is 1. The van der Waals surface area contributed by atoms with Crippen molar-refractivity contribution in [3.8, 4) is 17.4 Å². The first-order valence-electron chi connectivity index (χ1n) is 12.8. The Kier molecular flexibility index (Phi) is 10.7. The minimum absolute atomic E-state index is 0. The second kappa shape index (κ2) is 14.0. The summed E-state index contributed by atoms with van der Waals surface area (Å²) in [7, 11) is 1.80. The van der Waals surface area contributed by atoms with Gasteiger partial charge in [-0.05, 0) is 26.0 Å². The molecule has 1 aliphatic heterocycles. The lowest BCUT2D eigenvalue weighted by molar-refractivity contribution is 0.0979. The van der Waals surface area contributed by atoms with Gasteiger partial charge in [-0.15, -0.1) is 0 Å². The lowest BCUT2D eigenvalue weighted by Crippen LogP contribution is -2.55. The van der Waals surface area contributed by atoms with Crippen LogP contribution in [0.25, 0.3) is 0 Å². The summed E-state index contributed by atoms with van der Waals surface area (Å²) >= 11 is 0. The zero-order valence-electron chi connectivity index (χ0n) is 24.3. The van der Waals surface area contributed by atoms with Crippen molar-refractivity contribution in [2.24, 2.45) is 5.10 Å². The first-order chi connectivity index (χ1) is 19.7. The Morgan fingerprint density at radius 2 is 1.68 bits per heavy atom. The zero-order chi connectivity index (χ0) is 30.2. The third-order valence-corrected chi connectivity index (χ3v) is 7.79. The van der Waals surface area contributed by atoms with Crippen molar-refractivity contribution < 1.29 is 28.8 Å². The van der Waals surface area contributed by atoms with Crippen LogP contribution in [0.1, 0.15) is 45.4 Å². The molecule has 15 heteroatoms. The quantitative estimate of drug-likeness (QED) is 0.336. The number of hydrogen-bond acceptors (Lipinski definition) is 13. The Labute approximate surface area is 241 Å². The van der Waals surface area contributed by atoms with Crippen molar-refractivity contribution in [1.82, 2.24) is 30.1 Å². The zero-order valence-corrected chi connectivity index (χ0v) is 25.1. The Hall–Kier alpha value is -4.08. The van der Waals surface area contributed by atoms with Gasteiger partial charge in [-0.1, -0.05) is 19.9 Å². The third kappa shape index (κ3) is 6.81. The number of methoxy groups -OCH3 is 4. The van der Waals surface area contributed by atoms with E-state index in [0.29, 0.717) is 34.3 Å². The van der Waals surface area contributed by atoms with E-state index in [0.717, 1.165) is 0 Å². The fraction of sp³-hybridized carbons (Fsp3) is 0.423. The molecule has 0 amide bonds. The largest absolute Gasteiger partial charge is 0.494 e. The standard InChI is InChI=1S/C24H30N8O6S.C2H6.H2/c1-14-10-27-16(12-26-14)22(38-6)15(2)39(33,34)31-24-30-29-23(17-11-25-13-20(28-17)37-5)32(24)21-18(35-3)8-7-9-19(21)36-4;1-2;/h7-13,15,22,24,30-31H,1-6H3;1-2H3;1H/t15-,22-,24?;;/m0../s1. The highest BCUT2D eigenvalue weighted by Gasteiger charge is 2.40. The Bertz CT molecular complexity index is 1420. The molecule has 2 N–H and O–H groups in total. The van der Waals surface area contributed by atoms with Crippen LogP contribution in [0.4, 0.5) is 5.69 Å². The predicted molar refractivity (Wildman–Crippen MR) is 156 cm³/mol. The maximum atomic E-state index is 13.7. The van der Waals surface area contributed by atoms with Crippen LogP contribution in [0.3, 0.4) is 0 Å².